The Morgan fingerprint density at radius 2 is 1.43 bits per heavy atom. The summed E-state index contributed by atoms with van der Waals surface area (Å²) in [6, 6.07) is -1.20. The van der Waals surface area contributed by atoms with E-state index in [0.29, 0.717) is 6.54 Å². The molecule has 1 unspecified atom stereocenters. The molecule has 0 heterocycles. The summed E-state index contributed by atoms with van der Waals surface area (Å²) in [6.07, 6.45) is 6.71. The van der Waals surface area contributed by atoms with Gasteiger partial charge in [0, 0.05) is 18.4 Å². The summed E-state index contributed by atoms with van der Waals surface area (Å²) in [5.41, 5.74) is -2.20. The quantitative estimate of drug-likeness (QED) is 0.279. The summed E-state index contributed by atoms with van der Waals surface area (Å²) in [5.74, 6) is -3.03. The molecule has 0 saturated heterocycles. The topological polar surface area (TPSA) is 133 Å². The first-order valence-electron chi connectivity index (χ1n) is 10.9. The lowest BCUT2D eigenvalue weighted by Gasteiger charge is -2.32. The number of hydrogen-bond acceptors (Lipinski definition) is 4. The van der Waals surface area contributed by atoms with Crippen LogP contribution in [0.4, 0.5) is 0 Å². The van der Waals surface area contributed by atoms with Crippen molar-refractivity contribution in [1.29, 1.82) is 0 Å². The van der Waals surface area contributed by atoms with Gasteiger partial charge in [-0.3, -0.25) is 14.4 Å². The van der Waals surface area contributed by atoms with Gasteiger partial charge in [-0.1, -0.05) is 52.9 Å². The van der Waals surface area contributed by atoms with Crippen molar-refractivity contribution in [2.75, 3.05) is 6.54 Å². The van der Waals surface area contributed by atoms with Gasteiger partial charge in [0.2, 0.25) is 11.8 Å². The smallest absolute Gasteiger partial charge is 0.326 e. The van der Waals surface area contributed by atoms with E-state index >= 15 is 0 Å². The van der Waals surface area contributed by atoms with E-state index in [1.165, 1.54) is 33.1 Å². The maximum atomic E-state index is 12.6. The van der Waals surface area contributed by atoms with E-state index in [-0.39, 0.29) is 25.2 Å². The fourth-order valence-corrected chi connectivity index (χ4v) is 3.37. The number of hydrogen-bond donors (Lipinski definition) is 4. The summed E-state index contributed by atoms with van der Waals surface area (Å²) in [4.78, 5) is 47.4. The summed E-state index contributed by atoms with van der Waals surface area (Å²) < 4.78 is 0. The zero-order valence-corrected chi connectivity index (χ0v) is 19.2. The minimum absolute atomic E-state index is 0.00582. The van der Waals surface area contributed by atoms with Crippen LogP contribution in [0.2, 0.25) is 0 Å². The number of unbranched alkanes of at least 4 members (excludes halogenated alkanes) is 5. The van der Waals surface area contributed by atoms with E-state index in [1.807, 2.05) is 0 Å². The lowest BCUT2D eigenvalue weighted by molar-refractivity contribution is -0.151. The number of amides is 2. The third-order valence-electron chi connectivity index (χ3n) is 5.19. The van der Waals surface area contributed by atoms with Crippen molar-refractivity contribution in [2.24, 2.45) is 10.8 Å². The molecule has 0 aromatic carbocycles. The minimum Gasteiger partial charge on any atom is -0.481 e. The highest BCUT2D eigenvalue weighted by Crippen LogP contribution is 2.34. The summed E-state index contributed by atoms with van der Waals surface area (Å²) in [5, 5.41) is 23.9. The summed E-state index contributed by atoms with van der Waals surface area (Å²) in [7, 11) is 0. The van der Waals surface area contributed by atoms with Crippen LogP contribution in [0, 0.1) is 10.8 Å². The van der Waals surface area contributed by atoms with Gasteiger partial charge in [-0.2, -0.15) is 0 Å². The molecular weight excluding hydrogens is 388 g/mol. The van der Waals surface area contributed by atoms with Gasteiger partial charge in [-0.25, -0.2) is 4.79 Å². The third kappa shape index (κ3) is 11.2. The number of nitrogens with one attached hydrogen (secondary N) is 2. The molecule has 2 amide bonds. The monoisotopic (exact) mass is 428 g/mol. The average molecular weight is 429 g/mol. The highest BCUT2D eigenvalue weighted by molar-refractivity contribution is 5.88. The number of rotatable bonds is 16. The Morgan fingerprint density at radius 1 is 0.867 bits per heavy atom. The van der Waals surface area contributed by atoms with Gasteiger partial charge < -0.3 is 20.8 Å². The van der Waals surface area contributed by atoms with Gasteiger partial charge >= 0.3 is 11.9 Å². The van der Waals surface area contributed by atoms with Crippen LogP contribution in [-0.4, -0.2) is 46.6 Å². The van der Waals surface area contributed by atoms with Crippen LogP contribution in [0.1, 0.15) is 92.4 Å². The van der Waals surface area contributed by atoms with Crippen molar-refractivity contribution in [2.45, 2.75) is 98.4 Å². The zero-order chi connectivity index (χ0) is 23.4. The van der Waals surface area contributed by atoms with Crippen LogP contribution in [0.15, 0.2) is 0 Å². The molecule has 1 atom stereocenters. The molecule has 4 N–H and O–H groups in total. The fourth-order valence-electron chi connectivity index (χ4n) is 3.37. The molecule has 0 aromatic heterocycles. The SMILES string of the molecule is CCCCCCCCNC(=O)CCC(NC(=O)C(C)(C)CC(C)(C)C(=O)O)C(=O)O. The average Bonchev–Trinajstić information content (AvgIpc) is 2.62. The van der Waals surface area contributed by atoms with Crippen LogP contribution in [-0.2, 0) is 19.2 Å². The molecule has 30 heavy (non-hydrogen) atoms. The highest BCUT2D eigenvalue weighted by Gasteiger charge is 2.40. The largest absolute Gasteiger partial charge is 0.481 e. The van der Waals surface area contributed by atoms with Gasteiger partial charge in [-0.15, -0.1) is 0 Å². The van der Waals surface area contributed by atoms with E-state index < -0.39 is 34.7 Å². The van der Waals surface area contributed by atoms with Crippen LogP contribution >= 0.6 is 0 Å². The molecule has 0 saturated carbocycles. The molecule has 0 aliphatic rings. The normalized spacial score (nSPS) is 12.8. The Morgan fingerprint density at radius 3 is 1.97 bits per heavy atom. The number of carboxylic acid groups (broad SMARTS) is 2. The molecular formula is C22H40N2O6. The number of carbonyl (C=O) groups is 4. The van der Waals surface area contributed by atoms with Crippen molar-refractivity contribution >= 4 is 23.8 Å². The second kappa shape index (κ2) is 13.2. The summed E-state index contributed by atoms with van der Waals surface area (Å²) >= 11 is 0. The van der Waals surface area contributed by atoms with E-state index in [1.54, 1.807) is 13.8 Å². The molecule has 0 spiro atoms. The molecule has 8 heteroatoms. The third-order valence-corrected chi connectivity index (χ3v) is 5.19. The predicted octanol–water partition coefficient (Wildman–Crippen LogP) is 3.34. The number of aliphatic carboxylic acids is 2. The molecule has 0 fully saturated rings. The predicted molar refractivity (Wildman–Crippen MR) is 115 cm³/mol. The fraction of sp³-hybridized carbons (Fsp3) is 0.818. The first-order chi connectivity index (χ1) is 13.8. The molecule has 174 valence electrons. The molecule has 0 aliphatic heterocycles. The van der Waals surface area contributed by atoms with Crippen molar-refractivity contribution < 1.29 is 29.4 Å². The molecule has 0 bridgehead atoms. The highest BCUT2D eigenvalue weighted by atomic mass is 16.4. The van der Waals surface area contributed by atoms with Gasteiger partial charge in [0.1, 0.15) is 6.04 Å². The summed E-state index contributed by atoms with van der Waals surface area (Å²) in [6.45, 7) is 8.93. The zero-order valence-electron chi connectivity index (χ0n) is 19.2. The second-order valence-corrected chi connectivity index (χ2v) is 9.27. The van der Waals surface area contributed by atoms with Gasteiger partial charge in [0.25, 0.3) is 0 Å². The lowest BCUT2D eigenvalue weighted by Crippen LogP contribution is -2.48. The Hall–Kier alpha value is -2.12. The van der Waals surface area contributed by atoms with Crippen molar-refractivity contribution in [3.63, 3.8) is 0 Å². The lowest BCUT2D eigenvalue weighted by atomic mass is 9.74. The van der Waals surface area contributed by atoms with Crippen LogP contribution in [0.3, 0.4) is 0 Å². The molecule has 0 radical (unpaired) electrons. The Bertz CT molecular complexity index is 586. The van der Waals surface area contributed by atoms with E-state index in [9.17, 15) is 29.4 Å². The maximum Gasteiger partial charge on any atom is 0.326 e. The molecule has 0 aliphatic carbocycles. The minimum atomic E-state index is -1.22. The van der Waals surface area contributed by atoms with Crippen LogP contribution in [0.5, 0.6) is 0 Å². The van der Waals surface area contributed by atoms with Gasteiger partial charge in [0.15, 0.2) is 0 Å². The van der Waals surface area contributed by atoms with Crippen LogP contribution < -0.4 is 10.6 Å². The number of carbonyl (C=O) groups excluding carboxylic acids is 2. The maximum absolute atomic E-state index is 12.6. The van der Waals surface area contributed by atoms with E-state index in [0.717, 1.165) is 19.3 Å². The Balaban J connectivity index is 4.50. The van der Waals surface area contributed by atoms with Crippen molar-refractivity contribution in [3.05, 3.63) is 0 Å². The van der Waals surface area contributed by atoms with E-state index in [4.69, 9.17) is 0 Å². The standard InChI is InChI=1S/C22H40N2O6/c1-6-7-8-9-10-11-14-23-17(25)13-12-16(18(26)27)24-19(28)21(2,3)15-22(4,5)20(29)30/h16H,6-15H2,1-5H3,(H,23,25)(H,24,28)(H,26,27)(H,29,30). The van der Waals surface area contributed by atoms with Gasteiger partial charge in [-0.05, 0) is 33.1 Å². The molecule has 0 rings (SSSR count). The second-order valence-electron chi connectivity index (χ2n) is 9.27. The Kier molecular flexibility index (Phi) is 12.3. The van der Waals surface area contributed by atoms with E-state index in [2.05, 4.69) is 17.6 Å². The first kappa shape index (κ1) is 27.9. The van der Waals surface area contributed by atoms with Gasteiger partial charge in [0.05, 0.1) is 5.41 Å². The van der Waals surface area contributed by atoms with Crippen molar-refractivity contribution in [1.82, 2.24) is 10.6 Å². The number of carboxylic acids is 2. The van der Waals surface area contributed by atoms with Crippen molar-refractivity contribution in [3.8, 4) is 0 Å². The first-order valence-corrected chi connectivity index (χ1v) is 10.9. The molecule has 8 nitrogen and oxygen atoms in total. The molecule has 0 aromatic rings. The van der Waals surface area contributed by atoms with Crippen LogP contribution in [0.25, 0.3) is 0 Å². The Labute approximate surface area is 180 Å².